The number of hydrogen-bond donors (Lipinski definition) is 0. The highest BCUT2D eigenvalue weighted by Gasteiger charge is 2.03. The zero-order valence-corrected chi connectivity index (χ0v) is 6.79. The maximum atomic E-state index is 13.1. The largest absolute Gasteiger partial charge is 0.272 e. The first-order valence-electron chi connectivity index (χ1n) is 3.93. The molecule has 0 aliphatic rings. The van der Waals surface area contributed by atoms with Crippen LogP contribution in [0.25, 0.3) is 10.9 Å². The molecule has 2 rings (SSSR count). The van der Waals surface area contributed by atoms with Crippen molar-refractivity contribution in [3.05, 3.63) is 30.2 Å². The van der Waals surface area contributed by atoms with Crippen LogP contribution in [0.1, 0.15) is 6.92 Å². The predicted molar refractivity (Wildman–Crippen MR) is 45.4 cm³/mol. The predicted octanol–water partition coefficient (Wildman–Crippen LogP) is 2.20. The first-order valence-corrected chi connectivity index (χ1v) is 3.93. The molecule has 0 atom stereocenters. The molecular formula is C9H9FN2. The SMILES string of the molecule is CCn1cc2cccc(F)c2n1. The Bertz CT molecular complexity index is 406. The summed E-state index contributed by atoms with van der Waals surface area (Å²) < 4.78 is 14.8. The van der Waals surface area contributed by atoms with E-state index in [1.54, 1.807) is 10.7 Å². The van der Waals surface area contributed by atoms with Gasteiger partial charge in [-0.2, -0.15) is 5.10 Å². The van der Waals surface area contributed by atoms with Gasteiger partial charge in [-0.1, -0.05) is 12.1 Å². The number of rotatable bonds is 1. The fraction of sp³-hybridized carbons (Fsp3) is 0.222. The van der Waals surface area contributed by atoms with Gasteiger partial charge in [0.1, 0.15) is 5.52 Å². The molecule has 1 aromatic heterocycles. The van der Waals surface area contributed by atoms with Crippen LogP contribution in [-0.2, 0) is 6.54 Å². The lowest BCUT2D eigenvalue weighted by Gasteiger charge is -1.89. The van der Waals surface area contributed by atoms with Crippen molar-refractivity contribution in [3.63, 3.8) is 0 Å². The Morgan fingerprint density at radius 2 is 2.33 bits per heavy atom. The molecule has 3 heteroatoms. The van der Waals surface area contributed by atoms with Crippen molar-refractivity contribution >= 4 is 10.9 Å². The molecule has 1 heterocycles. The number of hydrogen-bond acceptors (Lipinski definition) is 1. The van der Waals surface area contributed by atoms with Gasteiger partial charge in [0, 0.05) is 18.1 Å². The van der Waals surface area contributed by atoms with Crippen LogP contribution in [-0.4, -0.2) is 9.78 Å². The van der Waals surface area contributed by atoms with Gasteiger partial charge < -0.3 is 0 Å². The molecule has 0 saturated heterocycles. The highest BCUT2D eigenvalue weighted by Crippen LogP contribution is 2.14. The average Bonchev–Trinajstić information content (AvgIpc) is 2.49. The van der Waals surface area contributed by atoms with Crippen LogP contribution < -0.4 is 0 Å². The number of nitrogens with zero attached hydrogens (tertiary/aromatic N) is 2. The van der Waals surface area contributed by atoms with Gasteiger partial charge in [-0.15, -0.1) is 0 Å². The van der Waals surface area contributed by atoms with Crippen LogP contribution in [0.4, 0.5) is 4.39 Å². The number of halogens is 1. The molecule has 0 saturated carbocycles. The van der Waals surface area contributed by atoms with E-state index in [9.17, 15) is 4.39 Å². The van der Waals surface area contributed by atoms with E-state index < -0.39 is 0 Å². The molecule has 0 aliphatic carbocycles. The van der Waals surface area contributed by atoms with Crippen LogP contribution in [0.2, 0.25) is 0 Å². The third kappa shape index (κ3) is 0.978. The van der Waals surface area contributed by atoms with Gasteiger partial charge in [0.2, 0.25) is 0 Å². The minimum atomic E-state index is -0.250. The summed E-state index contributed by atoms with van der Waals surface area (Å²) in [6.45, 7) is 2.75. The molecule has 0 bridgehead atoms. The molecule has 12 heavy (non-hydrogen) atoms. The number of benzene rings is 1. The van der Waals surface area contributed by atoms with Crippen molar-refractivity contribution in [2.75, 3.05) is 0 Å². The summed E-state index contributed by atoms with van der Waals surface area (Å²) in [7, 11) is 0. The number of fused-ring (bicyclic) bond motifs is 1. The van der Waals surface area contributed by atoms with Gasteiger partial charge in [0.05, 0.1) is 0 Å². The molecule has 0 fully saturated rings. The summed E-state index contributed by atoms with van der Waals surface area (Å²) in [5, 5.41) is 4.93. The van der Waals surface area contributed by atoms with E-state index in [1.807, 2.05) is 19.2 Å². The molecule has 0 amide bonds. The summed E-state index contributed by atoms with van der Waals surface area (Å²) >= 11 is 0. The Kier molecular flexibility index (Phi) is 1.57. The third-order valence-electron chi connectivity index (χ3n) is 1.86. The van der Waals surface area contributed by atoms with Crippen LogP contribution >= 0.6 is 0 Å². The summed E-state index contributed by atoms with van der Waals surface area (Å²) in [5.74, 6) is -0.250. The van der Waals surface area contributed by atoms with Crippen molar-refractivity contribution < 1.29 is 4.39 Å². The maximum absolute atomic E-state index is 13.1. The van der Waals surface area contributed by atoms with E-state index in [0.29, 0.717) is 5.52 Å². The first-order chi connectivity index (χ1) is 5.81. The van der Waals surface area contributed by atoms with E-state index in [4.69, 9.17) is 0 Å². The molecule has 0 spiro atoms. The van der Waals surface area contributed by atoms with Gasteiger partial charge in [-0.05, 0) is 13.0 Å². The molecule has 0 aliphatic heterocycles. The van der Waals surface area contributed by atoms with Gasteiger partial charge in [-0.25, -0.2) is 4.39 Å². The Labute approximate surface area is 69.6 Å². The van der Waals surface area contributed by atoms with Gasteiger partial charge in [0.15, 0.2) is 5.82 Å². The molecule has 1 aromatic carbocycles. The van der Waals surface area contributed by atoms with Crippen molar-refractivity contribution in [3.8, 4) is 0 Å². The second-order valence-electron chi connectivity index (χ2n) is 2.66. The Morgan fingerprint density at radius 3 is 3.00 bits per heavy atom. The smallest absolute Gasteiger partial charge is 0.151 e. The standard InChI is InChI=1S/C9H9FN2/c1-2-12-6-7-4-3-5-8(10)9(7)11-12/h3-6H,2H2,1H3. The summed E-state index contributed by atoms with van der Waals surface area (Å²) in [5.41, 5.74) is 0.458. The second kappa shape index (κ2) is 2.59. The quantitative estimate of drug-likeness (QED) is 0.631. The van der Waals surface area contributed by atoms with E-state index in [0.717, 1.165) is 11.9 Å². The third-order valence-corrected chi connectivity index (χ3v) is 1.86. The van der Waals surface area contributed by atoms with E-state index in [1.165, 1.54) is 6.07 Å². The van der Waals surface area contributed by atoms with Crippen molar-refractivity contribution in [2.24, 2.45) is 0 Å². The van der Waals surface area contributed by atoms with Gasteiger partial charge in [-0.3, -0.25) is 4.68 Å². The molecule has 0 unspecified atom stereocenters. The number of aryl methyl sites for hydroxylation is 1. The topological polar surface area (TPSA) is 17.8 Å². The van der Waals surface area contributed by atoms with Gasteiger partial charge in [0.25, 0.3) is 0 Å². The Balaban J connectivity index is 2.74. The fourth-order valence-corrected chi connectivity index (χ4v) is 1.22. The molecule has 2 nitrogen and oxygen atoms in total. The van der Waals surface area contributed by atoms with Crippen molar-refractivity contribution in [1.29, 1.82) is 0 Å². The second-order valence-corrected chi connectivity index (χ2v) is 2.66. The van der Waals surface area contributed by atoms with E-state index in [-0.39, 0.29) is 5.82 Å². The highest BCUT2D eigenvalue weighted by molar-refractivity contribution is 5.78. The average molecular weight is 164 g/mol. The lowest BCUT2D eigenvalue weighted by atomic mass is 10.2. The molecule has 62 valence electrons. The zero-order chi connectivity index (χ0) is 8.55. The summed E-state index contributed by atoms with van der Waals surface area (Å²) in [4.78, 5) is 0. The molecular weight excluding hydrogens is 155 g/mol. The van der Waals surface area contributed by atoms with Crippen molar-refractivity contribution in [2.45, 2.75) is 13.5 Å². The Hall–Kier alpha value is -1.38. The summed E-state index contributed by atoms with van der Waals surface area (Å²) in [6.07, 6.45) is 1.85. The monoisotopic (exact) mass is 164 g/mol. The normalized spacial score (nSPS) is 10.8. The van der Waals surface area contributed by atoms with Crippen LogP contribution in [0, 0.1) is 5.82 Å². The van der Waals surface area contributed by atoms with E-state index in [2.05, 4.69) is 5.10 Å². The molecule has 0 N–H and O–H groups in total. The summed E-state index contributed by atoms with van der Waals surface area (Å²) in [6, 6.07) is 4.98. The van der Waals surface area contributed by atoms with Gasteiger partial charge >= 0.3 is 0 Å². The molecule has 0 radical (unpaired) electrons. The fourth-order valence-electron chi connectivity index (χ4n) is 1.22. The maximum Gasteiger partial charge on any atom is 0.151 e. The Morgan fingerprint density at radius 1 is 1.50 bits per heavy atom. The van der Waals surface area contributed by atoms with Crippen LogP contribution in [0.5, 0.6) is 0 Å². The van der Waals surface area contributed by atoms with Crippen LogP contribution in [0.15, 0.2) is 24.4 Å². The number of aromatic nitrogens is 2. The zero-order valence-electron chi connectivity index (χ0n) is 6.79. The van der Waals surface area contributed by atoms with E-state index >= 15 is 0 Å². The van der Waals surface area contributed by atoms with Crippen LogP contribution in [0.3, 0.4) is 0 Å². The minimum Gasteiger partial charge on any atom is -0.272 e. The lowest BCUT2D eigenvalue weighted by molar-refractivity contribution is 0.623. The minimum absolute atomic E-state index is 0.250. The highest BCUT2D eigenvalue weighted by atomic mass is 19.1. The molecule has 2 aromatic rings. The first kappa shape index (κ1) is 7.28. The lowest BCUT2D eigenvalue weighted by Crippen LogP contribution is -1.92. The van der Waals surface area contributed by atoms with Crippen molar-refractivity contribution in [1.82, 2.24) is 9.78 Å².